The van der Waals surface area contributed by atoms with Gasteiger partial charge in [-0.2, -0.15) is 0 Å². The Morgan fingerprint density at radius 3 is 3.05 bits per heavy atom. The maximum atomic E-state index is 12.1. The standard InChI is InChI=1S/C14H18N2O4S/c17-10(8-20-9-11-3-2-6-21-11)7-16-13(18)12-4-1-5-15(12)14(16)19/h2-3,6,10,12,17H,1,4-5,7-9H2. The normalized spacial score (nSPS) is 23.0. The van der Waals surface area contributed by atoms with Crippen LogP contribution < -0.4 is 0 Å². The number of amides is 3. The summed E-state index contributed by atoms with van der Waals surface area (Å²) in [4.78, 5) is 28.0. The van der Waals surface area contributed by atoms with Crippen LogP contribution in [0.5, 0.6) is 0 Å². The van der Waals surface area contributed by atoms with Crippen molar-refractivity contribution in [3.05, 3.63) is 22.4 Å². The largest absolute Gasteiger partial charge is 0.389 e. The molecule has 0 bridgehead atoms. The van der Waals surface area contributed by atoms with E-state index in [1.807, 2.05) is 17.5 Å². The SMILES string of the molecule is O=C1C2CCCN2C(=O)N1CC(O)COCc1cccs1. The summed E-state index contributed by atoms with van der Waals surface area (Å²) in [6.45, 7) is 1.19. The number of ether oxygens (including phenoxy) is 1. The van der Waals surface area contributed by atoms with Gasteiger partial charge in [0.25, 0.3) is 5.91 Å². The Morgan fingerprint density at radius 1 is 1.48 bits per heavy atom. The molecule has 1 aromatic rings. The molecule has 2 fully saturated rings. The van der Waals surface area contributed by atoms with Crippen LogP contribution in [0.3, 0.4) is 0 Å². The second-order valence-corrected chi connectivity index (χ2v) is 6.36. The molecule has 21 heavy (non-hydrogen) atoms. The third kappa shape index (κ3) is 2.95. The molecule has 2 aliphatic heterocycles. The Hall–Kier alpha value is -1.44. The Bertz CT molecular complexity index is 497. The molecule has 3 rings (SSSR count). The number of hydrogen-bond donors (Lipinski definition) is 1. The van der Waals surface area contributed by atoms with Crippen LogP contribution in [-0.4, -0.2) is 58.7 Å². The molecule has 3 amide bonds. The zero-order chi connectivity index (χ0) is 14.8. The Labute approximate surface area is 126 Å². The van der Waals surface area contributed by atoms with Gasteiger partial charge in [-0.15, -0.1) is 11.3 Å². The van der Waals surface area contributed by atoms with E-state index in [1.54, 1.807) is 16.2 Å². The molecule has 0 radical (unpaired) electrons. The van der Waals surface area contributed by atoms with Gasteiger partial charge in [-0.05, 0) is 24.3 Å². The Balaban J connectivity index is 1.47. The van der Waals surface area contributed by atoms with Crippen molar-refractivity contribution in [2.75, 3.05) is 19.7 Å². The number of thiophene rings is 1. The lowest BCUT2D eigenvalue weighted by Gasteiger charge is -2.19. The summed E-state index contributed by atoms with van der Waals surface area (Å²) >= 11 is 1.59. The molecule has 2 saturated heterocycles. The summed E-state index contributed by atoms with van der Waals surface area (Å²) in [5, 5.41) is 11.9. The molecule has 1 aromatic heterocycles. The first-order valence-electron chi connectivity index (χ1n) is 7.07. The summed E-state index contributed by atoms with van der Waals surface area (Å²) in [6, 6.07) is 3.31. The monoisotopic (exact) mass is 310 g/mol. The quantitative estimate of drug-likeness (QED) is 0.798. The highest BCUT2D eigenvalue weighted by atomic mass is 32.1. The first-order valence-corrected chi connectivity index (χ1v) is 7.95. The first-order chi connectivity index (χ1) is 10.2. The molecule has 2 aliphatic rings. The fourth-order valence-electron chi connectivity index (χ4n) is 2.80. The van der Waals surface area contributed by atoms with E-state index in [9.17, 15) is 14.7 Å². The van der Waals surface area contributed by atoms with E-state index in [-0.39, 0.29) is 31.1 Å². The van der Waals surface area contributed by atoms with Gasteiger partial charge in [0.05, 0.1) is 25.9 Å². The maximum absolute atomic E-state index is 12.1. The number of rotatable bonds is 6. The number of β-amino-alcohol motifs (C(OH)–C–C–N with tert-alkyl or cyclic N) is 1. The summed E-state index contributed by atoms with van der Waals surface area (Å²) in [5.74, 6) is -0.185. The summed E-state index contributed by atoms with van der Waals surface area (Å²) in [6.07, 6.45) is 0.756. The van der Waals surface area contributed by atoms with Crippen molar-refractivity contribution in [1.29, 1.82) is 0 Å². The summed E-state index contributed by atoms with van der Waals surface area (Å²) < 4.78 is 5.41. The number of fused-ring (bicyclic) bond motifs is 1. The van der Waals surface area contributed by atoms with Crippen LogP contribution in [0.15, 0.2) is 17.5 Å². The van der Waals surface area contributed by atoms with Gasteiger partial charge in [0.15, 0.2) is 0 Å². The van der Waals surface area contributed by atoms with Crippen molar-refractivity contribution in [3.8, 4) is 0 Å². The van der Waals surface area contributed by atoms with Crippen LogP contribution in [0.1, 0.15) is 17.7 Å². The number of urea groups is 1. The van der Waals surface area contributed by atoms with E-state index in [0.717, 1.165) is 22.6 Å². The highest BCUT2D eigenvalue weighted by Gasteiger charge is 2.47. The summed E-state index contributed by atoms with van der Waals surface area (Å²) in [5.41, 5.74) is 0. The smallest absolute Gasteiger partial charge is 0.327 e. The van der Waals surface area contributed by atoms with Crippen molar-refractivity contribution in [3.63, 3.8) is 0 Å². The number of aliphatic hydroxyl groups excluding tert-OH is 1. The van der Waals surface area contributed by atoms with Crippen LogP contribution in [0.25, 0.3) is 0 Å². The predicted octanol–water partition coefficient (Wildman–Crippen LogP) is 1.05. The number of aliphatic hydroxyl groups is 1. The first kappa shape index (κ1) is 14.5. The number of hydrogen-bond acceptors (Lipinski definition) is 5. The second-order valence-electron chi connectivity index (χ2n) is 5.33. The predicted molar refractivity (Wildman–Crippen MR) is 76.8 cm³/mol. The van der Waals surface area contributed by atoms with Gasteiger partial charge in [-0.1, -0.05) is 6.07 Å². The van der Waals surface area contributed by atoms with Crippen molar-refractivity contribution >= 4 is 23.3 Å². The topological polar surface area (TPSA) is 70.1 Å². The third-order valence-corrected chi connectivity index (χ3v) is 4.66. The highest BCUT2D eigenvalue weighted by molar-refractivity contribution is 7.09. The van der Waals surface area contributed by atoms with Crippen LogP contribution in [0.4, 0.5) is 4.79 Å². The molecule has 0 spiro atoms. The number of carbonyl (C=O) groups is 2. The molecular formula is C14H18N2O4S. The van der Waals surface area contributed by atoms with E-state index < -0.39 is 6.10 Å². The van der Waals surface area contributed by atoms with Crippen molar-refractivity contribution in [2.45, 2.75) is 31.6 Å². The average Bonchev–Trinajstić information content (AvgIpc) is 3.17. The maximum Gasteiger partial charge on any atom is 0.327 e. The zero-order valence-electron chi connectivity index (χ0n) is 11.6. The summed E-state index contributed by atoms with van der Waals surface area (Å²) in [7, 11) is 0. The van der Waals surface area contributed by atoms with Gasteiger partial charge in [-0.25, -0.2) is 4.79 Å². The van der Waals surface area contributed by atoms with E-state index in [1.165, 1.54) is 0 Å². The van der Waals surface area contributed by atoms with Crippen molar-refractivity contribution in [2.24, 2.45) is 0 Å². The molecule has 0 saturated carbocycles. The number of imide groups is 1. The van der Waals surface area contributed by atoms with Gasteiger partial charge in [0, 0.05) is 11.4 Å². The molecule has 0 aliphatic carbocycles. The van der Waals surface area contributed by atoms with Gasteiger partial charge in [-0.3, -0.25) is 9.69 Å². The van der Waals surface area contributed by atoms with Crippen LogP contribution in [0, 0.1) is 0 Å². The minimum absolute atomic E-state index is 0.00903. The van der Waals surface area contributed by atoms with Crippen molar-refractivity contribution < 1.29 is 19.4 Å². The lowest BCUT2D eigenvalue weighted by atomic mass is 10.2. The van der Waals surface area contributed by atoms with Crippen LogP contribution in [0.2, 0.25) is 0 Å². The second kappa shape index (κ2) is 6.13. The number of carbonyl (C=O) groups excluding carboxylic acids is 2. The van der Waals surface area contributed by atoms with Crippen LogP contribution in [-0.2, 0) is 16.1 Å². The fraction of sp³-hybridized carbons (Fsp3) is 0.571. The lowest BCUT2D eigenvalue weighted by Crippen LogP contribution is -2.40. The molecule has 0 aromatic carbocycles. The minimum Gasteiger partial charge on any atom is -0.389 e. The molecule has 2 atom stereocenters. The third-order valence-electron chi connectivity index (χ3n) is 3.81. The van der Waals surface area contributed by atoms with Crippen molar-refractivity contribution in [1.82, 2.24) is 9.80 Å². The molecule has 7 heteroatoms. The molecule has 6 nitrogen and oxygen atoms in total. The molecule has 1 N–H and O–H groups in total. The molecule has 114 valence electrons. The van der Waals surface area contributed by atoms with Gasteiger partial charge in [0.2, 0.25) is 0 Å². The molecule has 3 heterocycles. The van der Waals surface area contributed by atoms with Crippen LogP contribution >= 0.6 is 11.3 Å². The zero-order valence-corrected chi connectivity index (χ0v) is 12.4. The Morgan fingerprint density at radius 2 is 2.33 bits per heavy atom. The van der Waals surface area contributed by atoms with E-state index in [2.05, 4.69) is 0 Å². The van der Waals surface area contributed by atoms with Gasteiger partial charge >= 0.3 is 6.03 Å². The average molecular weight is 310 g/mol. The highest BCUT2D eigenvalue weighted by Crippen LogP contribution is 2.27. The fourth-order valence-corrected chi connectivity index (χ4v) is 3.44. The number of nitrogens with zero attached hydrogens (tertiary/aromatic N) is 2. The van der Waals surface area contributed by atoms with Gasteiger partial charge in [0.1, 0.15) is 6.04 Å². The lowest BCUT2D eigenvalue weighted by molar-refractivity contribution is -0.129. The van der Waals surface area contributed by atoms with E-state index in [4.69, 9.17) is 4.74 Å². The van der Waals surface area contributed by atoms with E-state index in [0.29, 0.717) is 13.2 Å². The van der Waals surface area contributed by atoms with Gasteiger partial charge < -0.3 is 14.7 Å². The minimum atomic E-state index is -0.849. The van der Waals surface area contributed by atoms with E-state index >= 15 is 0 Å². The Kier molecular flexibility index (Phi) is 4.23. The molecular weight excluding hydrogens is 292 g/mol. The molecule has 2 unspecified atom stereocenters.